The molecule has 0 spiro atoms. The molecule has 4 aromatic rings. The van der Waals surface area contributed by atoms with Gasteiger partial charge in [0.05, 0.1) is 23.9 Å². The number of nitrogens with zero attached hydrogens (tertiary/aromatic N) is 4. The zero-order chi connectivity index (χ0) is 17.2. The number of aromatic hydroxyl groups is 1. The number of rotatable bonds is 4. The average molecular weight is 346 g/mol. The van der Waals surface area contributed by atoms with E-state index in [9.17, 15) is 5.11 Å². The predicted octanol–water partition coefficient (Wildman–Crippen LogP) is 4.14. The van der Waals surface area contributed by atoms with E-state index in [1.165, 1.54) is 4.88 Å². The Morgan fingerprint density at radius 2 is 2.00 bits per heavy atom. The summed E-state index contributed by atoms with van der Waals surface area (Å²) in [7, 11) is 0. The van der Waals surface area contributed by atoms with E-state index in [1.54, 1.807) is 36.0 Å². The molecule has 0 atom stereocenters. The number of benzene rings is 2. The number of anilines is 1. The van der Waals surface area contributed by atoms with Crippen LogP contribution in [0.4, 0.5) is 5.69 Å². The van der Waals surface area contributed by atoms with Crippen LogP contribution in [-0.4, -0.2) is 14.8 Å². The van der Waals surface area contributed by atoms with Gasteiger partial charge in [-0.3, -0.25) is 5.01 Å². The molecule has 0 amide bonds. The highest BCUT2D eigenvalue weighted by atomic mass is 32.1. The Bertz CT molecular complexity index is 1050. The molecule has 2 aromatic heterocycles. The number of thiophene rings is 1. The van der Waals surface area contributed by atoms with Crippen molar-refractivity contribution < 1.29 is 5.11 Å². The fourth-order valence-corrected chi connectivity index (χ4v) is 3.79. The Labute approximate surface area is 148 Å². The number of hydrogen-bond acceptors (Lipinski definition) is 5. The molecule has 0 fully saturated rings. The minimum atomic E-state index is 0.277. The molecule has 0 saturated heterocycles. The summed E-state index contributed by atoms with van der Waals surface area (Å²) in [6, 6.07) is 17.2. The minimum absolute atomic E-state index is 0.277. The summed E-state index contributed by atoms with van der Waals surface area (Å²) in [6.45, 7) is 0.655. The van der Waals surface area contributed by atoms with E-state index < -0.39 is 0 Å². The molecular formula is C19H14N4OS. The summed E-state index contributed by atoms with van der Waals surface area (Å²) in [6.07, 6.45) is 5.37. The third-order valence-electron chi connectivity index (χ3n) is 3.92. The van der Waals surface area contributed by atoms with Crippen molar-refractivity contribution in [2.24, 2.45) is 0 Å². The molecule has 2 heterocycles. The molecule has 2 aromatic carbocycles. The lowest BCUT2D eigenvalue weighted by Gasteiger charge is -2.25. The average Bonchev–Trinajstić information content (AvgIpc) is 3.29. The fourth-order valence-electron chi connectivity index (χ4n) is 2.71. The van der Waals surface area contributed by atoms with Gasteiger partial charge in [0.1, 0.15) is 12.1 Å². The zero-order valence-corrected chi connectivity index (χ0v) is 14.0. The minimum Gasteiger partial charge on any atom is -0.508 e. The van der Waals surface area contributed by atoms with E-state index in [0.29, 0.717) is 12.1 Å². The Morgan fingerprint density at radius 3 is 2.72 bits per heavy atom. The molecular weight excluding hydrogens is 332 g/mol. The molecule has 4 rings (SSSR count). The first-order chi connectivity index (χ1) is 12.2. The summed E-state index contributed by atoms with van der Waals surface area (Å²) in [5.74, 6) is 0.277. The van der Waals surface area contributed by atoms with Gasteiger partial charge in [0.15, 0.2) is 0 Å². The van der Waals surface area contributed by atoms with Crippen molar-refractivity contribution in [2.45, 2.75) is 6.54 Å². The van der Waals surface area contributed by atoms with Crippen LogP contribution in [0.15, 0.2) is 67.3 Å². The van der Waals surface area contributed by atoms with E-state index in [-0.39, 0.29) is 5.75 Å². The van der Waals surface area contributed by atoms with E-state index in [4.69, 9.17) is 5.26 Å². The van der Waals surface area contributed by atoms with Gasteiger partial charge in [-0.2, -0.15) is 5.26 Å². The molecule has 5 nitrogen and oxygen atoms in total. The van der Waals surface area contributed by atoms with Crippen LogP contribution in [-0.2, 0) is 6.54 Å². The van der Waals surface area contributed by atoms with E-state index in [0.717, 1.165) is 15.8 Å². The standard InChI is InChI=1S/C19H14N4OS/c20-11-14-1-4-16(5-2-14)23(22-8-7-21-13-22)12-18-9-15-3-6-17(24)10-19(15)25-18/h1-10,13,24H,12H2. The van der Waals surface area contributed by atoms with Crippen molar-refractivity contribution in [3.05, 3.63) is 77.7 Å². The van der Waals surface area contributed by atoms with Crippen LogP contribution in [0.1, 0.15) is 10.4 Å². The van der Waals surface area contributed by atoms with Crippen molar-refractivity contribution in [1.29, 1.82) is 5.26 Å². The van der Waals surface area contributed by atoms with Gasteiger partial charge >= 0.3 is 0 Å². The van der Waals surface area contributed by atoms with Gasteiger partial charge < -0.3 is 5.11 Å². The smallest absolute Gasteiger partial charge is 0.117 e. The molecule has 0 bridgehead atoms. The second-order valence-corrected chi connectivity index (χ2v) is 6.76. The van der Waals surface area contributed by atoms with E-state index >= 15 is 0 Å². The third-order valence-corrected chi connectivity index (χ3v) is 5.01. The summed E-state index contributed by atoms with van der Waals surface area (Å²) in [5, 5.41) is 21.8. The maximum absolute atomic E-state index is 9.66. The number of imidazole rings is 1. The topological polar surface area (TPSA) is 65.1 Å². The summed E-state index contributed by atoms with van der Waals surface area (Å²) in [4.78, 5) is 5.30. The maximum Gasteiger partial charge on any atom is 0.117 e. The molecule has 0 unspecified atom stereocenters. The lowest BCUT2D eigenvalue weighted by Crippen LogP contribution is -2.27. The first-order valence-electron chi connectivity index (χ1n) is 7.70. The number of phenols is 1. The molecule has 25 heavy (non-hydrogen) atoms. The van der Waals surface area contributed by atoms with Gasteiger partial charge in [-0.1, -0.05) is 0 Å². The van der Waals surface area contributed by atoms with Gasteiger partial charge in [-0.05, 0) is 53.9 Å². The van der Waals surface area contributed by atoms with Crippen LogP contribution in [0, 0.1) is 11.3 Å². The van der Waals surface area contributed by atoms with Crippen LogP contribution >= 0.6 is 11.3 Å². The first-order valence-corrected chi connectivity index (χ1v) is 8.52. The highest BCUT2D eigenvalue weighted by molar-refractivity contribution is 7.19. The SMILES string of the molecule is N#Cc1ccc(N(Cc2cc3ccc(O)cc3s2)n2ccnc2)cc1. The van der Waals surface area contributed by atoms with Gasteiger partial charge in [0.2, 0.25) is 0 Å². The van der Waals surface area contributed by atoms with Crippen molar-refractivity contribution >= 4 is 27.1 Å². The molecule has 0 aliphatic heterocycles. The maximum atomic E-state index is 9.66. The lowest BCUT2D eigenvalue weighted by molar-refractivity contribution is 0.476. The van der Waals surface area contributed by atoms with Crippen LogP contribution in [0.2, 0.25) is 0 Å². The van der Waals surface area contributed by atoms with Crippen molar-refractivity contribution in [3.8, 4) is 11.8 Å². The second kappa shape index (κ2) is 6.30. The number of aromatic nitrogens is 2. The third kappa shape index (κ3) is 3.05. The number of fused-ring (bicyclic) bond motifs is 1. The lowest BCUT2D eigenvalue weighted by atomic mass is 10.2. The predicted molar refractivity (Wildman–Crippen MR) is 98.5 cm³/mol. The quantitative estimate of drug-likeness (QED) is 0.603. The van der Waals surface area contributed by atoms with Gasteiger partial charge in [0, 0.05) is 22.0 Å². The largest absolute Gasteiger partial charge is 0.508 e. The molecule has 0 aliphatic carbocycles. The zero-order valence-electron chi connectivity index (χ0n) is 13.2. The number of phenolic OH excluding ortho intramolecular Hbond substituents is 1. The van der Waals surface area contributed by atoms with Crippen molar-refractivity contribution in [1.82, 2.24) is 9.66 Å². The number of nitriles is 1. The molecule has 0 saturated carbocycles. The Morgan fingerprint density at radius 1 is 1.16 bits per heavy atom. The molecule has 122 valence electrons. The van der Waals surface area contributed by atoms with Crippen molar-refractivity contribution in [2.75, 3.05) is 5.01 Å². The van der Waals surface area contributed by atoms with E-state index in [2.05, 4.69) is 22.1 Å². The molecule has 0 radical (unpaired) electrons. The molecule has 0 aliphatic rings. The highest BCUT2D eigenvalue weighted by Crippen LogP contribution is 2.30. The van der Waals surface area contributed by atoms with Crippen LogP contribution in [0.5, 0.6) is 5.75 Å². The van der Waals surface area contributed by atoms with Crippen LogP contribution in [0.3, 0.4) is 0 Å². The summed E-state index contributed by atoms with van der Waals surface area (Å²) in [5.41, 5.74) is 1.60. The second-order valence-electron chi connectivity index (χ2n) is 5.59. The Balaban J connectivity index is 1.71. The van der Waals surface area contributed by atoms with Gasteiger partial charge in [-0.15, -0.1) is 11.3 Å². The van der Waals surface area contributed by atoms with Crippen LogP contribution < -0.4 is 5.01 Å². The van der Waals surface area contributed by atoms with Crippen molar-refractivity contribution in [3.63, 3.8) is 0 Å². The normalized spacial score (nSPS) is 10.7. The monoisotopic (exact) mass is 346 g/mol. The fraction of sp³-hybridized carbons (Fsp3) is 0.0526. The van der Waals surface area contributed by atoms with E-state index in [1.807, 2.05) is 41.2 Å². The molecule has 6 heteroatoms. The van der Waals surface area contributed by atoms with Gasteiger partial charge in [0.25, 0.3) is 0 Å². The highest BCUT2D eigenvalue weighted by Gasteiger charge is 2.12. The summed E-state index contributed by atoms with van der Waals surface area (Å²) >= 11 is 1.65. The summed E-state index contributed by atoms with van der Waals surface area (Å²) < 4.78 is 2.98. The number of hydrogen-bond donors (Lipinski definition) is 1. The first kappa shape index (κ1) is 15.2. The molecule has 1 N–H and O–H groups in total. The Hall–Kier alpha value is -3.30. The Kier molecular flexibility index (Phi) is 3.84. The van der Waals surface area contributed by atoms with Gasteiger partial charge in [-0.25, -0.2) is 9.66 Å². The van der Waals surface area contributed by atoms with Crippen LogP contribution in [0.25, 0.3) is 10.1 Å².